The number of aryl methyl sites for hydroxylation is 1. The molecular formula is C15H18N2O3S. The summed E-state index contributed by atoms with van der Waals surface area (Å²) < 4.78 is 26.7. The SMILES string of the molecule is Cc1ccc(Cn2cc(S(=O)(=O)N(C)C)ccc2=O)cc1. The predicted octanol–water partition coefficient (Wildman–Crippen LogP) is 1.46. The highest BCUT2D eigenvalue weighted by atomic mass is 32.2. The Labute approximate surface area is 124 Å². The maximum Gasteiger partial charge on any atom is 0.250 e. The zero-order chi connectivity index (χ0) is 15.6. The summed E-state index contributed by atoms with van der Waals surface area (Å²) in [5.41, 5.74) is 1.85. The molecule has 1 heterocycles. The summed E-state index contributed by atoms with van der Waals surface area (Å²) in [4.78, 5) is 12.0. The summed E-state index contributed by atoms with van der Waals surface area (Å²) >= 11 is 0. The maximum absolute atomic E-state index is 12.1. The minimum atomic E-state index is -3.54. The largest absolute Gasteiger partial charge is 0.310 e. The first-order valence-electron chi connectivity index (χ1n) is 6.49. The van der Waals surface area contributed by atoms with Gasteiger partial charge in [-0.2, -0.15) is 0 Å². The van der Waals surface area contributed by atoms with Crippen LogP contribution in [0.25, 0.3) is 0 Å². The monoisotopic (exact) mass is 306 g/mol. The van der Waals surface area contributed by atoms with Crippen LogP contribution in [0.5, 0.6) is 0 Å². The van der Waals surface area contributed by atoms with Crippen molar-refractivity contribution in [3.8, 4) is 0 Å². The van der Waals surface area contributed by atoms with Gasteiger partial charge in [0.15, 0.2) is 0 Å². The van der Waals surface area contributed by atoms with E-state index in [0.717, 1.165) is 15.4 Å². The fourth-order valence-electron chi connectivity index (χ4n) is 1.89. The number of nitrogens with zero attached hydrogens (tertiary/aromatic N) is 2. The molecule has 0 unspecified atom stereocenters. The van der Waals surface area contributed by atoms with Gasteiger partial charge in [-0.05, 0) is 18.6 Å². The molecule has 2 rings (SSSR count). The third-order valence-corrected chi connectivity index (χ3v) is 5.01. The smallest absolute Gasteiger partial charge is 0.250 e. The van der Waals surface area contributed by atoms with Gasteiger partial charge in [-0.25, -0.2) is 12.7 Å². The van der Waals surface area contributed by atoms with Crippen LogP contribution >= 0.6 is 0 Å². The van der Waals surface area contributed by atoms with Gasteiger partial charge in [0.1, 0.15) is 0 Å². The first kappa shape index (κ1) is 15.5. The van der Waals surface area contributed by atoms with Crippen LogP contribution in [0, 0.1) is 6.92 Å². The molecule has 21 heavy (non-hydrogen) atoms. The summed E-state index contributed by atoms with van der Waals surface area (Å²) in [6, 6.07) is 10.4. The maximum atomic E-state index is 12.1. The van der Waals surface area contributed by atoms with E-state index in [2.05, 4.69) is 0 Å². The number of sulfonamides is 1. The summed E-state index contributed by atoms with van der Waals surface area (Å²) in [6.07, 6.45) is 1.39. The van der Waals surface area contributed by atoms with Gasteiger partial charge in [0.25, 0.3) is 5.56 Å². The zero-order valence-corrected chi connectivity index (χ0v) is 13.1. The Bertz CT molecular complexity index is 790. The molecule has 0 amide bonds. The Morgan fingerprint density at radius 3 is 2.24 bits per heavy atom. The van der Waals surface area contributed by atoms with Crippen molar-refractivity contribution in [3.63, 3.8) is 0 Å². The molecule has 0 atom stereocenters. The second-order valence-corrected chi connectivity index (χ2v) is 7.26. The molecule has 0 spiro atoms. The van der Waals surface area contributed by atoms with Gasteiger partial charge in [-0.15, -0.1) is 0 Å². The minimum Gasteiger partial charge on any atom is -0.310 e. The van der Waals surface area contributed by atoms with Crippen LogP contribution in [0.1, 0.15) is 11.1 Å². The van der Waals surface area contributed by atoms with E-state index in [9.17, 15) is 13.2 Å². The highest BCUT2D eigenvalue weighted by molar-refractivity contribution is 7.89. The lowest BCUT2D eigenvalue weighted by atomic mass is 10.1. The average Bonchev–Trinajstić information content (AvgIpc) is 2.43. The van der Waals surface area contributed by atoms with Crippen molar-refractivity contribution in [1.82, 2.24) is 8.87 Å². The zero-order valence-electron chi connectivity index (χ0n) is 12.3. The molecule has 6 heteroatoms. The first-order chi connectivity index (χ1) is 9.80. The van der Waals surface area contributed by atoms with E-state index in [1.807, 2.05) is 31.2 Å². The third-order valence-electron chi connectivity index (χ3n) is 3.21. The van der Waals surface area contributed by atoms with Gasteiger partial charge >= 0.3 is 0 Å². The van der Waals surface area contributed by atoms with Crippen LogP contribution < -0.4 is 5.56 Å². The van der Waals surface area contributed by atoms with Gasteiger partial charge in [-0.3, -0.25) is 4.79 Å². The predicted molar refractivity (Wildman–Crippen MR) is 81.9 cm³/mol. The van der Waals surface area contributed by atoms with Crippen LogP contribution in [0.3, 0.4) is 0 Å². The fourth-order valence-corrected chi connectivity index (χ4v) is 2.81. The molecule has 1 aromatic carbocycles. The van der Waals surface area contributed by atoms with Gasteiger partial charge in [0, 0.05) is 26.4 Å². The quantitative estimate of drug-likeness (QED) is 0.859. The van der Waals surface area contributed by atoms with E-state index in [1.54, 1.807) is 0 Å². The molecule has 0 fully saturated rings. The number of benzene rings is 1. The van der Waals surface area contributed by atoms with Crippen molar-refractivity contribution in [1.29, 1.82) is 0 Å². The number of rotatable bonds is 4. The second kappa shape index (κ2) is 5.83. The van der Waals surface area contributed by atoms with Crippen molar-refractivity contribution >= 4 is 10.0 Å². The van der Waals surface area contributed by atoms with E-state index < -0.39 is 10.0 Å². The summed E-state index contributed by atoms with van der Waals surface area (Å²) in [7, 11) is -0.615. The molecule has 5 nitrogen and oxygen atoms in total. The minimum absolute atomic E-state index is 0.110. The number of pyridine rings is 1. The topological polar surface area (TPSA) is 59.4 Å². The Morgan fingerprint density at radius 2 is 1.67 bits per heavy atom. The molecule has 0 bridgehead atoms. The van der Waals surface area contributed by atoms with Crippen molar-refractivity contribution in [2.24, 2.45) is 0 Å². The second-order valence-electron chi connectivity index (χ2n) is 5.10. The molecule has 0 aliphatic rings. The molecule has 0 radical (unpaired) electrons. The van der Waals surface area contributed by atoms with Crippen LogP contribution in [-0.2, 0) is 16.6 Å². The molecule has 0 saturated heterocycles. The first-order valence-corrected chi connectivity index (χ1v) is 7.93. The molecule has 2 aromatic rings. The summed E-state index contributed by atoms with van der Waals surface area (Å²) in [5.74, 6) is 0. The Balaban J connectivity index is 2.41. The summed E-state index contributed by atoms with van der Waals surface area (Å²) in [6.45, 7) is 2.33. The number of hydrogen-bond acceptors (Lipinski definition) is 3. The lowest BCUT2D eigenvalue weighted by Crippen LogP contribution is -2.26. The van der Waals surface area contributed by atoms with Crippen molar-refractivity contribution in [2.75, 3.05) is 14.1 Å². The standard InChI is InChI=1S/C15H18N2O3S/c1-12-4-6-13(7-5-12)10-17-11-14(8-9-15(17)18)21(19,20)16(2)3/h4-9,11H,10H2,1-3H3. The van der Waals surface area contributed by atoms with Gasteiger partial charge < -0.3 is 4.57 Å². The normalized spacial score (nSPS) is 11.8. The molecule has 0 aliphatic heterocycles. The highest BCUT2D eigenvalue weighted by Crippen LogP contribution is 2.11. The van der Waals surface area contributed by atoms with E-state index in [1.165, 1.54) is 37.0 Å². The van der Waals surface area contributed by atoms with Gasteiger partial charge in [0.05, 0.1) is 11.4 Å². The van der Waals surface area contributed by atoms with Crippen LogP contribution in [0.15, 0.2) is 52.3 Å². The average molecular weight is 306 g/mol. The van der Waals surface area contributed by atoms with E-state index in [0.29, 0.717) is 6.54 Å². The number of hydrogen-bond donors (Lipinski definition) is 0. The van der Waals surface area contributed by atoms with Crippen molar-refractivity contribution in [2.45, 2.75) is 18.4 Å². The highest BCUT2D eigenvalue weighted by Gasteiger charge is 2.18. The molecule has 0 N–H and O–H groups in total. The molecule has 0 saturated carbocycles. The van der Waals surface area contributed by atoms with Crippen LogP contribution in [0.4, 0.5) is 0 Å². The molecule has 1 aromatic heterocycles. The fraction of sp³-hybridized carbons (Fsp3) is 0.267. The lowest BCUT2D eigenvalue weighted by Gasteiger charge is -2.13. The van der Waals surface area contributed by atoms with Crippen molar-refractivity contribution < 1.29 is 8.42 Å². The molecular weight excluding hydrogens is 288 g/mol. The molecule has 112 valence electrons. The number of aromatic nitrogens is 1. The molecule has 0 aliphatic carbocycles. The Kier molecular flexibility index (Phi) is 4.29. The Hall–Kier alpha value is -1.92. The van der Waals surface area contributed by atoms with Crippen molar-refractivity contribution in [3.05, 3.63) is 64.1 Å². The van der Waals surface area contributed by atoms with Crippen LogP contribution in [0.2, 0.25) is 0 Å². The van der Waals surface area contributed by atoms with Crippen LogP contribution in [-0.4, -0.2) is 31.4 Å². The van der Waals surface area contributed by atoms with E-state index in [4.69, 9.17) is 0 Å². The Morgan fingerprint density at radius 1 is 1.05 bits per heavy atom. The lowest BCUT2D eigenvalue weighted by molar-refractivity contribution is 0.519. The van der Waals surface area contributed by atoms with Gasteiger partial charge in [0.2, 0.25) is 10.0 Å². The van der Waals surface area contributed by atoms with E-state index >= 15 is 0 Å². The van der Waals surface area contributed by atoms with E-state index in [-0.39, 0.29) is 10.5 Å². The van der Waals surface area contributed by atoms with Gasteiger partial charge in [-0.1, -0.05) is 29.8 Å². The summed E-state index contributed by atoms with van der Waals surface area (Å²) in [5, 5.41) is 0. The third kappa shape index (κ3) is 3.40.